The summed E-state index contributed by atoms with van der Waals surface area (Å²) >= 11 is 0. The first kappa shape index (κ1) is 9.24. The van der Waals surface area contributed by atoms with Crippen molar-refractivity contribution >= 4 is 11.9 Å². The highest BCUT2D eigenvalue weighted by atomic mass is 16.5. The van der Waals surface area contributed by atoms with Crippen LogP contribution in [0.4, 0.5) is 4.79 Å². The standard InChI is InChI=1S/C7H8N2O4/c1-4-2-9-13-6(4)5(10)3-8-7(11)12/h2,8H,3H2,1H3,(H,11,12). The van der Waals surface area contributed by atoms with Gasteiger partial charge >= 0.3 is 6.09 Å². The lowest BCUT2D eigenvalue weighted by molar-refractivity contribution is 0.0951. The lowest BCUT2D eigenvalue weighted by Gasteiger charge is -1.96. The van der Waals surface area contributed by atoms with Crippen LogP contribution in [0.25, 0.3) is 0 Å². The van der Waals surface area contributed by atoms with Gasteiger partial charge in [0.2, 0.25) is 11.5 Å². The zero-order valence-corrected chi connectivity index (χ0v) is 6.90. The van der Waals surface area contributed by atoms with Crippen molar-refractivity contribution in [2.45, 2.75) is 6.92 Å². The summed E-state index contributed by atoms with van der Waals surface area (Å²) in [6.45, 7) is 1.36. The van der Waals surface area contributed by atoms with Gasteiger partial charge in [0.1, 0.15) is 0 Å². The van der Waals surface area contributed by atoms with Gasteiger partial charge in [-0.25, -0.2) is 4.79 Å². The smallest absolute Gasteiger partial charge is 0.405 e. The van der Waals surface area contributed by atoms with Crippen molar-refractivity contribution in [3.05, 3.63) is 17.5 Å². The summed E-state index contributed by atoms with van der Waals surface area (Å²) in [5.74, 6) is -0.342. The molecular formula is C7H8N2O4. The molecule has 0 aliphatic heterocycles. The number of hydrogen-bond acceptors (Lipinski definition) is 4. The maximum absolute atomic E-state index is 11.2. The Morgan fingerprint density at radius 1 is 1.69 bits per heavy atom. The normalized spacial score (nSPS) is 9.62. The molecule has 0 saturated heterocycles. The number of carbonyl (C=O) groups excluding carboxylic acids is 1. The molecule has 1 aromatic heterocycles. The number of ketones is 1. The molecule has 1 rings (SSSR count). The first-order valence-electron chi connectivity index (χ1n) is 3.52. The van der Waals surface area contributed by atoms with E-state index in [9.17, 15) is 9.59 Å². The number of carbonyl (C=O) groups is 2. The molecule has 0 fully saturated rings. The monoisotopic (exact) mass is 184 g/mol. The lowest BCUT2D eigenvalue weighted by Crippen LogP contribution is -2.27. The third-order valence-corrected chi connectivity index (χ3v) is 1.40. The van der Waals surface area contributed by atoms with E-state index in [-0.39, 0.29) is 12.3 Å². The fourth-order valence-electron chi connectivity index (χ4n) is 0.796. The van der Waals surface area contributed by atoms with E-state index in [1.54, 1.807) is 6.92 Å². The molecule has 0 atom stereocenters. The zero-order chi connectivity index (χ0) is 9.84. The number of aromatic nitrogens is 1. The quantitative estimate of drug-likeness (QED) is 0.664. The van der Waals surface area contributed by atoms with Gasteiger partial charge in [0, 0.05) is 5.56 Å². The van der Waals surface area contributed by atoms with Gasteiger partial charge in [0.25, 0.3) is 0 Å². The van der Waals surface area contributed by atoms with Gasteiger partial charge in [-0.05, 0) is 6.92 Å². The first-order valence-corrected chi connectivity index (χ1v) is 3.52. The molecule has 0 spiro atoms. The van der Waals surface area contributed by atoms with Crippen LogP contribution in [0, 0.1) is 6.92 Å². The Hall–Kier alpha value is -1.85. The van der Waals surface area contributed by atoms with Crippen LogP contribution < -0.4 is 5.32 Å². The molecule has 0 radical (unpaired) electrons. The van der Waals surface area contributed by atoms with Crippen molar-refractivity contribution in [2.24, 2.45) is 0 Å². The first-order chi connectivity index (χ1) is 6.11. The summed E-state index contributed by atoms with van der Waals surface area (Å²) in [4.78, 5) is 21.2. The van der Waals surface area contributed by atoms with Crippen LogP contribution in [0.15, 0.2) is 10.7 Å². The maximum atomic E-state index is 11.2. The molecule has 0 unspecified atom stereocenters. The average Bonchev–Trinajstić information content (AvgIpc) is 2.47. The zero-order valence-electron chi connectivity index (χ0n) is 6.90. The Labute approximate surface area is 73.5 Å². The van der Waals surface area contributed by atoms with E-state index in [2.05, 4.69) is 9.68 Å². The van der Waals surface area contributed by atoms with Crippen molar-refractivity contribution in [3.63, 3.8) is 0 Å². The fraction of sp³-hybridized carbons (Fsp3) is 0.286. The number of hydrogen-bond donors (Lipinski definition) is 2. The van der Waals surface area contributed by atoms with Crippen molar-refractivity contribution < 1.29 is 19.2 Å². The van der Waals surface area contributed by atoms with Crippen LogP contribution in [0.2, 0.25) is 0 Å². The summed E-state index contributed by atoms with van der Waals surface area (Å²) < 4.78 is 4.63. The molecule has 6 heteroatoms. The van der Waals surface area contributed by atoms with E-state index < -0.39 is 11.9 Å². The van der Waals surface area contributed by atoms with Crippen LogP contribution in [-0.4, -0.2) is 28.7 Å². The summed E-state index contributed by atoms with van der Waals surface area (Å²) in [5, 5.41) is 13.6. The van der Waals surface area contributed by atoms with Crippen LogP contribution in [0.3, 0.4) is 0 Å². The van der Waals surface area contributed by atoms with E-state index in [0.29, 0.717) is 5.56 Å². The molecule has 0 aliphatic rings. The van der Waals surface area contributed by atoms with Gasteiger partial charge in [0.15, 0.2) is 0 Å². The van der Waals surface area contributed by atoms with Crippen LogP contribution >= 0.6 is 0 Å². The summed E-state index contributed by atoms with van der Waals surface area (Å²) in [6.07, 6.45) is 0.152. The van der Waals surface area contributed by atoms with Crippen LogP contribution in [0.5, 0.6) is 0 Å². The molecule has 1 heterocycles. The van der Waals surface area contributed by atoms with Gasteiger partial charge in [0.05, 0.1) is 12.7 Å². The lowest BCUT2D eigenvalue weighted by atomic mass is 10.2. The molecular weight excluding hydrogens is 176 g/mol. The van der Waals surface area contributed by atoms with E-state index in [0.717, 1.165) is 0 Å². The number of Topliss-reactive ketones (excluding diaryl/α,β-unsaturated/α-hetero) is 1. The minimum atomic E-state index is -1.24. The van der Waals surface area contributed by atoms with Gasteiger partial charge < -0.3 is 14.9 Å². The Kier molecular flexibility index (Phi) is 2.63. The molecule has 70 valence electrons. The SMILES string of the molecule is Cc1cnoc1C(=O)CNC(=O)O. The van der Waals surface area contributed by atoms with E-state index >= 15 is 0 Å². The summed E-state index contributed by atoms with van der Waals surface area (Å²) in [7, 11) is 0. The number of rotatable bonds is 3. The topological polar surface area (TPSA) is 92.4 Å². The second-order valence-electron chi connectivity index (χ2n) is 2.42. The number of nitrogens with one attached hydrogen (secondary N) is 1. The number of nitrogens with zero attached hydrogens (tertiary/aromatic N) is 1. The third-order valence-electron chi connectivity index (χ3n) is 1.40. The Morgan fingerprint density at radius 3 is 2.85 bits per heavy atom. The highest BCUT2D eigenvalue weighted by Gasteiger charge is 2.14. The van der Waals surface area contributed by atoms with Crippen molar-refractivity contribution in [2.75, 3.05) is 6.54 Å². The maximum Gasteiger partial charge on any atom is 0.405 e. The molecule has 0 saturated carbocycles. The van der Waals surface area contributed by atoms with Crippen molar-refractivity contribution in [1.82, 2.24) is 10.5 Å². The van der Waals surface area contributed by atoms with Crippen LogP contribution in [-0.2, 0) is 0 Å². The second kappa shape index (κ2) is 3.70. The number of aryl methyl sites for hydroxylation is 1. The highest BCUT2D eigenvalue weighted by Crippen LogP contribution is 2.05. The Bertz CT molecular complexity index is 331. The molecule has 0 bridgehead atoms. The van der Waals surface area contributed by atoms with Crippen molar-refractivity contribution in [1.29, 1.82) is 0 Å². The highest BCUT2D eigenvalue weighted by molar-refractivity contribution is 5.97. The van der Waals surface area contributed by atoms with E-state index in [4.69, 9.17) is 5.11 Å². The summed E-state index contributed by atoms with van der Waals surface area (Å²) in [6, 6.07) is 0. The van der Waals surface area contributed by atoms with Gasteiger partial charge in [-0.2, -0.15) is 0 Å². The van der Waals surface area contributed by atoms with Crippen LogP contribution in [0.1, 0.15) is 16.1 Å². The van der Waals surface area contributed by atoms with Gasteiger partial charge in [-0.15, -0.1) is 0 Å². The van der Waals surface area contributed by atoms with E-state index in [1.807, 2.05) is 5.32 Å². The summed E-state index contributed by atoms with van der Waals surface area (Å²) in [5.41, 5.74) is 0.595. The Morgan fingerprint density at radius 2 is 2.38 bits per heavy atom. The predicted molar refractivity (Wildman–Crippen MR) is 41.6 cm³/mol. The largest absolute Gasteiger partial charge is 0.465 e. The number of carboxylic acid groups (broad SMARTS) is 1. The minimum absolute atomic E-state index is 0.0914. The van der Waals surface area contributed by atoms with Crippen molar-refractivity contribution in [3.8, 4) is 0 Å². The van der Waals surface area contributed by atoms with Gasteiger partial charge in [-0.1, -0.05) is 5.16 Å². The fourth-order valence-corrected chi connectivity index (χ4v) is 0.796. The second-order valence-corrected chi connectivity index (χ2v) is 2.42. The molecule has 1 aromatic rings. The predicted octanol–water partition coefficient (Wildman–Crippen LogP) is 0.433. The average molecular weight is 184 g/mol. The molecule has 2 N–H and O–H groups in total. The minimum Gasteiger partial charge on any atom is -0.465 e. The molecule has 1 amide bonds. The molecule has 13 heavy (non-hydrogen) atoms. The molecule has 0 aromatic carbocycles. The molecule has 0 aliphatic carbocycles. The van der Waals surface area contributed by atoms with Gasteiger partial charge in [-0.3, -0.25) is 4.79 Å². The third kappa shape index (κ3) is 2.29. The van der Waals surface area contributed by atoms with E-state index in [1.165, 1.54) is 6.20 Å². The Balaban J connectivity index is 2.59. The molecule has 6 nitrogen and oxygen atoms in total. The number of amides is 1.